The molecule has 2 atom stereocenters. The highest BCUT2D eigenvalue weighted by molar-refractivity contribution is 5.82. The largest absolute Gasteiger partial charge is 0.504 e. The number of rotatable bonds is 6. The highest BCUT2D eigenvalue weighted by Crippen LogP contribution is 2.25. The van der Waals surface area contributed by atoms with Gasteiger partial charge < -0.3 is 20.4 Å². The highest BCUT2D eigenvalue weighted by atomic mass is 16.3. The fourth-order valence-electron chi connectivity index (χ4n) is 3.08. The number of hydrogen-bond donors (Lipinski definition) is 3. The molecule has 1 heterocycles. The lowest BCUT2D eigenvalue weighted by Gasteiger charge is -2.33. The van der Waals surface area contributed by atoms with Crippen LogP contribution in [0.4, 0.5) is 0 Å². The van der Waals surface area contributed by atoms with Crippen LogP contribution in [0.2, 0.25) is 0 Å². The Kier molecular flexibility index (Phi) is 6.67. The average Bonchev–Trinajstić information content (AvgIpc) is 2.63. The van der Waals surface area contributed by atoms with Gasteiger partial charge in [-0.15, -0.1) is 0 Å². The first-order chi connectivity index (χ1) is 11.9. The fraction of sp³-hybridized carbons (Fsp3) is 0.579. The number of benzene rings is 1. The number of piperidine rings is 1. The van der Waals surface area contributed by atoms with E-state index in [-0.39, 0.29) is 35.1 Å². The average molecular weight is 348 g/mol. The van der Waals surface area contributed by atoms with Crippen molar-refractivity contribution >= 4 is 11.8 Å². The normalized spacial score (nSPS) is 18.6. The highest BCUT2D eigenvalue weighted by Gasteiger charge is 2.29. The summed E-state index contributed by atoms with van der Waals surface area (Å²) in [6, 6.07) is 4.65. The van der Waals surface area contributed by atoms with Crippen molar-refractivity contribution in [2.24, 2.45) is 11.8 Å². The molecule has 138 valence electrons. The number of nitrogens with one attached hydrogen (secondary N) is 1. The first-order valence-corrected chi connectivity index (χ1v) is 8.99. The van der Waals surface area contributed by atoms with E-state index in [2.05, 4.69) is 5.32 Å². The molecule has 1 aliphatic rings. The van der Waals surface area contributed by atoms with Gasteiger partial charge in [-0.05, 0) is 43.4 Å². The molecule has 6 heteroatoms. The number of hydrogen-bond acceptors (Lipinski definition) is 4. The lowest BCUT2D eigenvalue weighted by molar-refractivity contribution is -0.138. The fourth-order valence-corrected chi connectivity index (χ4v) is 3.08. The van der Waals surface area contributed by atoms with Crippen LogP contribution < -0.4 is 5.32 Å². The molecule has 1 fully saturated rings. The summed E-state index contributed by atoms with van der Waals surface area (Å²) in [5.41, 5.74) is 0.841. The zero-order chi connectivity index (χ0) is 18.4. The minimum absolute atomic E-state index is 0.00369. The third-order valence-electron chi connectivity index (χ3n) is 4.89. The van der Waals surface area contributed by atoms with Gasteiger partial charge in [0.15, 0.2) is 11.5 Å². The summed E-state index contributed by atoms with van der Waals surface area (Å²) in [6.45, 7) is 5.62. The van der Waals surface area contributed by atoms with Crippen LogP contribution in [0.3, 0.4) is 0 Å². The molecule has 2 amide bonds. The summed E-state index contributed by atoms with van der Waals surface area (Å²) in [4.78, 5) is 26.5. The van der Waals surface area contributed by atoms with Gasteiger partial charge in [0, 0.05) is 25.6 Å². The molecule has 25 heavy (non-hydrogen) atoms. The summed E-state index contributed by atoms with van der Waals surface area (Å²) in [5, 5.41) is 21.7. The SMILES string of the molecule is CCC(C)C(=O)N1CCCC(C(=O)NCCc2ccc(O)c(O)c2)C1. The van der Waals surface area contributed by atoms with Crippen LogP contribution in [-0.4, -0.2) is 46.6 Å². The summed E-state index contributed by atoms with van der Waals surface area (Å²) in [7, 11) is 0. The maximum absolute atomic E-state index is 12.4. The van der Waals surface area contributed by atoms with E-state index in [1.54, 1.807) is 6.07 Å². The van der Waals surface area contributed by atoms with Crippen LogP contribution in [0.1, 0.15) is 38.7 Å². The maximum atomic E-state index is 12.4. The van der Waals surface area contributed by atoms with Crippen molar-refractivity contribution in [2.75, 3.05) is 19.6 Å². The van der Waals surface area contributed by atoms with Crippen molar-refractivity contribution in [3.05, 3.63) is 23.8 Å². The van der Waals surface area contributed by atoms with Crippen LogP contribution in [0, 0.1) is 11.8 Å². The number of phenols is 2. The van der Waals surface area contributed by atoms with Gasteiger partial charge in [0.05, 0.1) is 5.92 Å². The maximum Gasteiger partial charge on any atom is 0.225 e. The van der Waals surface area contributed by atoms with Gasteiger partial charge in [-0.25, -0.2) is 0 Å². The van der Waals surface area contributed by atoms with Crippen molar-refractivity contribution in [2.45, 2.75) is 39.5 Å². The van der Waals surface area contributed by atoms with Crippen LogP contribution >= 0.6 is 0 Å². The predicted molar refractivity (Wildman–Crippen MR) is 95.2 cm³/mol. The summed E-state index contributed by atoms with van der Waals surface area (Å²) < 4.78 is 0. The van der Waals surface area contributed by atoms with Gasteiger partial charge in [0.1, 0.15) is 0 Å². The van der Waals surface area contributed by atoms with E-state index in [1.807, 2.05) is 18.7 Å². The van der Waals surface area contributed by atoms with E-state index >= 15 is 0 Å². The summed E-state index contributed by atoms with van der Waals surface area (Å²) in [6.07, 6.45) is 3.04. The molecule has 0 saturated carbocycles. The Labute approximate surface area is 148 Å². The van der Waals surface area contributed by atoms with Crippen LogP contribution in [-0.2, 0) is 16.0 Å². The van der Waals surface area contributed by atoms with Crippen molar-refractivity contribution in [1.29, 1.82) is 0 Å². The third kappa shape index (κ3) is 5.11. The van der Waals surface area contributed by atoms with Crippen LogP contribution in [0.15, 0.2) is 18.2 Å². The van der Waals surface area contributed by atoms with E-state index in [4.69, 9.17) is 0 Å². The van der Waals surface area contributed by atoms with Gasteiger partial charge in [-0.2, -0.15) is 0 Å². The molecule has 1 aromatic carbocycles. The number of aromatic hydroxyl groups is 2. The Morgan fingerprint density at radius 2 is 2.08 bits per heavy atom. The van der Waals surface area contributed by atoms with Gasteiger partial charge in [0.2, 0.25) is 11.8 Å². The first kappa shape index (κ1) is 19.1. The predicted octanol–water partition coefficient (Wildman–Crippen LogP) is 2.04. The van der Waals surface area contributed by atoms with Gasteiger partial charge in [0.25, 0.3) is 0 Å². The smallest absolute Gasteiger partial charge is 0.225 e. The van der Waals surface area contributed by atoms with E-state index in [0.717, 1.165) is 31.4 Å². The Bertz CT molecular complexity index is 617. The number of phenolic OH excluding ortho intramolecular Hbond substituents is 2. The Hall–Kier alpha value is -2.24. The third-order valence-corrected chi connectivity index (χ3v) is 4.89. The second-order valence-corrected chi connectivity index (χ2v) is 6.80. The minimum atomic E-state index is -0.157. The molecule has 0 aliphatic carbocycles. The summed E-state index contributed by atoms with van der Waals surface area (Å²) in [5.74, 6) is -0.348. The van der Waals surface area contributed by atoms with Crippen LogP contribution in [0.5, 0.6) is 11.5 Å². The second-order valence-electron chi connectivity index (χ2n) is 6.80. The van der Waals surface area contributed by atoms with Gasteiger partial charge >= 0.3 is 0 Å². The minimum Gasteiger partial charge on any atom is -0.504 e. The second kappa shape index (κ2) is 8.74. The number of likely N-dealkylation sites (tertiary alicyclic amines) is 1. The van der Waals surface area contributed by atoms with Crippen molar-refractivity contribution in [3.63, 3.8) is 0 Å². The van der Waals surface area contributed by atoms with E-state index in [0.29, 0.717) is 19.5 Å². The molecule has 0 bridgehead atoms. The van der Waals surface area contributed by atoms with Gasteiger partial charge in [-0.1, -0.05) is 19.9 Å². The molecule has 0 radical (unpaired) electrons. The molecule has 0 aromatic heterocycles. The topological polar surface area (TPSA) is 89.9 Å². The molecule has 1 aromatic rings. The Morgan fingerprint density at radius 3 is 2.76 bits per heavy atom. The lowest BCUT2D eigenvalue weighted by atomic mass is 9.95. The molecule has 0 spiro atoms. The number of carbonyl (C=O) groups is 2. The number of amides is 2. The quantitative estimate of drug-likeness (QED) is 0.686. The molecule has 1 saturated heterocycles. The van der Waals surface area contributed by atoms with E-state index in [9.17, 15) is 19.8 Å². The molecule has 3 N–H and O–H groups in total. The Balaban J connectivity index is 1.81. The van der Waals surface area contributed by atoms with E-state index < -0.39 is 0 Å². The van der Waals surface area contributed by atoms with Crippen molar-refractivity contribution in [1.82, 2.24) is 10.2 Å². The van der Waals surface area contributed by atoms with Crippen LogP contribution in [0.25, 0.3) is 0 Å². The number of nitrogens with zero attached hydrogens (tertiary/aromatic N) is 1. The first-order valence-electron chi connectivity index (χ1n) is 8.99. The molecular formula is C19H28N2O4. The molecule has 2 unspecified atom stereocenters. The van der Waals surface area contributed by atoms with Crippen molar-refractivity contribution in [3.8, 4) is 11.5 Å². The molecule has 6 nitrogen and oxygen atoms in total. The van der Waals surface area contributed by atoms with E-state index in [1.165, 1.54) is 12.1 Å². The van der Waals surface area contributed by atoms with Gasteiger partial charge in [-0.3, -0.25) is 9.59 Å². The van der Waals surface area contributed by atoms with Crippen molar-refractivity contribution < 1.29 is 19.8 Å². The lowest BCUT2D eigenvalue weighted by Crippen LogP contribution is -2.47. The Morgan fingerprint density at radius 1 is 1.32 bits per heavy atom. The number of carbonyl (C=O) groups excluding carboxylic acids is 2. The monoisotopic (exact) mass is 348 g/mol. The molecule has 2 rings (SSSR count). The zero-order valence-corrected chi connectivity index (χ0v) is 15.0. The molecular weight excluding hydrogens is 320 g/mol. The standard InChI is InChI=1S/C19H28N2O4/c1-3-13(2)19(25)21-10-4-5-15(12-21)18(24)20-9-8-14-6-7-16(22)17(23)11-14/h6-7,11,13,15,22-23H,3-5,8-10,12H2,1-2H3,(H,20,24). The zero-order valence-electron chi connectivity index (χ0n) is 15.0. The summed E-state index contributed by atoms with van der Waals surface area (Å²) >= 11 is 0. The molecule has 1 aliphatic heterocycles.